The third kappa shape index (κ3) is 19.4. The number of unbranched alkanes of at least 4 members (excludes halogenated alkanes) is 9. The number of sulfone groups is 1. The van der Waals surface area contributed by atoms with E-state index in [1.54, 1.807) is 46.8 Å². The van der Waals surface area contributed by atoms with E-state index in [-0.39, 0.29) is 45.4 Å². The topological polar surface area (TPSA) is 207 Å². The SMILES string of the molecule is CCCCCCCCCCCCC(COC(=O)c1ccc(NC(=O)C(Oc2ccc(S(C)(=O)=O)cc2NS(C)(=O)=O)C(=O)C(C)(C)C)c(OC(C)C)c1)Oc1ccc(OC(C)=O)c(C(C)(C)C)c1. The number of esters is 2. The predicted molar refractivity (Wildman–Crippen MR) is 265 cm³/mol. The number of hydrogen-bond donors (Lipinski definition) is 2. The van der Waals surface area contributed by atoms with Crippen molar-refractivity contribution in [2.45, 2.75) is 168 Å². The number of carbonyl (C=O) groups is 4. The van der Waals surface area contributed by atoms with Gasteiger partial charge in [-0.25, -0.2) is 21.6 Å². The quantitative estimate of drug-likeness (QED) is 0.0316. The second-order valence-corrected chi connectivity index (χ2v) is 23.4. The van der Waals surface area contributed by atoms with Crippen LogP contribution in [-0.2, 0) is 44.4 Å². The molecule has 1 amide bonds. The van der Waals surface area contributed by atoms with Gasteiger partial charge in [0.25, 0.3) is 5.91 Å². The number of benzene rings is 3. The Bertz CT molecular complexity index is 2420. The van der Waals surface area contributed by atoms with Crippen LogP contribution in [0.4, 0.5) is 11.4 Å². The number of sulfonamides is 1. The number of hydrogen-bond acceptors (Lipinski definition) is 13. The molecule has 0 fully saturated rings. The lowest BCUT2D eigenvalue weighted by molar-refractivity contribution is -0.140. The number of nitrogens with one attached hydrogen (secondary N) is 2. The molecule has 0 heterocycles. The van der Waals surface area contributed by atoms with Gasteiger partial charge in [-0.15, -0.1) is 0 Å². The van der Waals surface area contributed by atoms with Gasteiger partial charge in [-0.05, 0) is 86.7 Å². The molecule has 2 N–H and O–H groups in total. The van der Waals surface area contributed by atoms with Crippen LogP contribution in [0.1, 0.15) is 156 Å². The molecule has 0 aliphatic rings. The summed E-state index contributed by atoms with van der Waals surface area (Å²) in [5, 5.41) is 2.67. The summed E-state index contributed by atoms with van der Waals surface area (Å²) < 4.78 is 81.3. The maximum absolute atomic E-state index is 14.1. The van der Waals surface area contributed by atoms with E-state index in [1.807, 2.05) is 26.8 Å². The average molecular weight is 987 g/mol. The zero-order valence-electron chi connectivity index (χ0n) is 42.0. The largest absolute Gasteiger partial charge is 0.489 e. The van der Waals surface area contributed by atoms with E-state index in [4.69, 9.17) is 23.7 Å². The molecule has 17 heteroatoms. The van der Waals surface area contributed by atoms with Crippen LogP contribution in [0.2, 0.25) is 0 Å². The summed E-state index contributed by atoms with van der Waals surface area (Å²) >= 11 is 0. The summed E-state index contributed by atoms with van der Waals surface area (Å²) in [5.41, 5.74) is -0.840. The summed E-state index contributed by atoms with van der Waals surface area (Å²) in [5.74, 6) is -1.96. The van der Waals surface area contributed by atoms with Crippen molar-refractivity contribution < 1.29 is 59.7 Å². The van der Waals surface area contributed by atoms with Gasteiger partial charge in [-0.3, -0.25) is 19.1 Å². The van der Waals surface area contributed by atoms with Crippen LogP contribution in [-0.4, -0.2) is 77.9 Å². The number of amides is 1. The summed E-state index contributed by atoms with van der Waals surface area (Å²) in [4.78, 5) is 53.3. The van der Waals surface area contributed by atoms with E-state index < -0.39 is 67.2 Å². The maximum Gasteiger partial charge on any atom is 0.338 e. The standard InChI is InChI=1S/C51H74N2O13S2/c1-13-14-15-16-17-18-19-20-21-22-23-38(65-37-25-28-43(64-35(4)54)40(31-37)50(5,6)7)33-62-49(57)36-24-27-41(45(30-36)63-34(2)3)52-48(56)46(47(55)51(8,9)10)66-44-29-26-39(67(11,58)59)32-42(44)53-68(12,60)61/h24-32,34,38,46,53H,13-23,33H2,1-12H3,(H,52,56). The van der Waals surface area contributed by atoms with E-state index in [2.05, 4.69) is 17.0 Å². The number of rotatable bonds is 27. The molecular formula is C51H74N2O13S2. The average Bonchev–Trinajstić information content (AvgIpc) is 3.21. The Morgan fingerprint density at radius 1 is 0.676 bits per heavy atom. The van der Waals surface area contributed by atoms with Gasteiger partial charge in [0, 0.05) is 24.2 Å². The fraction of sp³-hybridized carbons (Fsp3) is 0.569. The Labute approximate surface area is 404 Å². The van der Waals surface area contributed by atoms with E-state index in [0.717, 1.165) is 55.9 Å². The molecule has 0 saturated heterocycles. The second-order valence-electron chi connectivity index (χ2n) is 19.6. The highest BCUT2D eigenvalue weighted by molar-refractivity contribution is 7.92. The Morgan fingerprint density at radius 2 is 1.28 bits per heavy atom. The van der Waals surface area contributed by atoms with Gasteiger partial charge in [0.1, 0.15) is 35.7 Å². The van der Waals surface area contributed by atoms with Crippen molar-refractivity contribution in [3.63, 3.8) is 0 Å². The number of Topliss-reactive ketones (excluding diaryl/α,β-unsaturated/α-hetero) is 1. The molecule has 378 valence electrons. The number of carbonyl (C=O) groups excluding carboxylic acids is 4. The number of anilines is 2. The zero-order chi connectivity index (χ0) is 51.0. The van der Waals surface area contributed by atoms with Gasteiger partial charge in [-0.2, -0.15) is 0 Å². The molecule has 3 rings (SSSR count). The minimum absolute atomic E-state index is 0.0824. The summed E-state index contributed by atoms with van der Waals surface area (Å²) in [6.07, 6.45) is 11.2. The van der Waals surface area contributed by atoms with Crippen LogP contribution in [0.5, 0.6) is 23.0 Å². The van der Waals surface area contributed by atoms with Crippen molar-refractivity contribution >= 4 is 54.9 Å². The molecule has 0 aliphatic heterocycles. The third-order valence-electron chi connectivity index (χ3n) is 10.6. The van der Waals surface area contributed by atoms with Crippen molar-refractivity contribution in [3.8, 4) is 23.0 Å². The molecule has 15 nitrogen and oxygen atoms in total. The summed E-state index contributed by atoms with van der Waals surface area (Å²) in [6, 6.07) is 12.9. The molecule has 2 atom stereocenters. The first-order valence-electron chi connectivity index (χ1n) is 23.4. The summed E-state index contributed by atoms with van der Waals surface area (Å²) in [6.45, 7) is 17.7. The highest BCUT2D eigenvalue weighted by Gasteiger charge is 2.38. The molecule has 2 unspecified atom stereocenters. The first kappa shape index (κ1) is 57.2. The normalized spacial score (nSPS) is 13.0. The van der Waals surface area contributed by atoms with Gasteiger partial charge in [-0.1, -0.05) is 106 Å². The van der Waals surface area contributed by atoms with E-state index in [0.29, 0.717) is 17.9 Å². The van der Waals surface area contributed by atoms with Crippen LogP contribution in [0, 0.1) is 5.41 Å². The van der Waals surface area contributed by atoms with Gasteiger partial charge < -0.3 is 29.0 Å². The fourth-order valence-electron chi connectivity index (χ4n) is 7.06. The van der Waals surface area contributed by atoms with Crippen LogP contribution in [0.15, 0.2) is 59.5 Å². The van der Waals surface area contributed by atoms with Crippen molar-refractivity contribution in [3.05, 3.63) is 65.7 Å². The van der Waals surface area contributed by atoms with Gasteiger partial charge in [0.15, 0.2) is 15.6 Å². The molecule has 3 aromatic rings. The predicted octanol–water partition coefficient (Wildman–Crippen LogP) is 10.4. The molecule has 0 aliphatic carbocycles. The lowest BCUT2D eigenvalue weighted by Crippen LogP contribution is -2.45. The highest BCUT2D eigenvalue weighted by atomic mass is 32.2. The lowest BCUT2D eigenvalue weighted by Gasteiger charge is -2.26. The van der Waals surface area contributed by atoms with Crippen LogP contribution >= 0.6 is 0 Å². The molecule has 0 saturated carbocycles. The smallest absolute Gasteiger partial charge is 0.338 e. The van der Waals surface area contributed by atoms with Gasteiger partial charge >= 0.3 is 11.9 Å². The van der Waals surface area contributed by atoms with Crippen LogP contribution in [0.3, 0.4) is 0 Å². The fourth-order valence-corrected chi connectivity index (χ4v) is 8.27. The Hall–Kier alpha value is -5.16. The van der Waals surface area contributed by atoms with E-state index in [1.165, 1.54) is 69.7 Å². The molecule has 0 radical (unpaired) electrons. The Kier molecular flexibility index (Phi) is 21.4. The third-order valence-corrected chi connectivity index (χ3v) is 12.3. The minimum atomic E-state index is -3.98. The maximum atomic E-state index is 14.1. The van der Waals surface area contributed by atoms with E-state index in [9.17, 15) is 36.0 Å². The monoisotopic (exact) mass is 986 g/mol. The van der Waals surface area contributed by atoms with E-state index >= 15 is 0 Å². The van der Waals surface area contributed by atoms with Crippen molar-refractivity contribution in [2.75, 3.05) is 29.2 Å². The van der Waals surface area contributed by atoms with Crippen molar-refractivity contribution in [1.82, 2.24) is 0 Å². The minimum Gasteiger partial charge on any atom is -0.489 e. The molecular weight excluding hydrogens is 913 g/mol. The molecule has 0 bridgehead atoms. The van der Waals surface area contributed by atoms with Crippen LogP contribution < -0.4 is 29.0 Å². The molecule has 3 aromatic carbocycles. The Morgan fingerprint density at radius 3 is 1.82 bits per heavy atom. The molecule has 0 aromatic heterocycles. The number of ketones is 1. The molecule has 68 heavy (non-hydrogen) atoms. The first-order chi connectivity index (χ1) is 31.6. The first-order valence-corrected chi connectivity index (χ1v) is 27.2. The molecule has 0 spiro atoms. The van der Waals surface area contributed by atoms with Crippen molar-refractivity contribution in [2.24, 2.45) is 5.41 Å². The number of ether oxygens (including phenoxy) is 5. The van der Waals surface area contributed by atoms with Gasteiger partial charge in [0.05, 0.1) is 34.2 Å². The van der Waals surface area contributed by atoms with Crippen molar-refractivity contribution in [1.29, 1.82) is 0 Å². The Balaban J connectivity index is 1.89. The summed E-state index contributed by atoms with van der Waals surface area (Å²) in [7, 11) is -7.77. The highest BCUT2D eigenvalue weighted by Crippen LogP contribution is 2.36. The van der Waals surface area contributed by atoms with Crippen LogP contribution in [0.25, 0.3) is 0 Å². The zero-order valence-corrected chi connectivity index (χ0v) is 43.7. The van der Waals surface area contributed by atoms with Gasteiger partial charge in [0.2, 0.25) is 16.1 Å². The lowest BCUT2D eigenvalue weighted by atomic mass is 9.86. The second kappa shape index (κ2) is 25.4.